The van der Waals surface area contributed by atoms with E-state index in [1.807, 2.05) is 13.8 Å². The van der Waals surface area contributed by atoms with Crippen molar-refractivity contribution in [1.29, 1.82) is 0 Å². The number of ether oxygens (including phenoxy) is 2. The summed E-state index contributed by atoms with van der Waals surface area (Å²) >= 11 is 0. The summed E-state index contributed by atoms with van der Waals surface area (Å²) in [5.41, 5.74) is 0. The summed E-state index contributed by atoms with van der Waals surface area (Å²) < 4.78 is 25.5. The van der Waals surface area contributed by atoms with Crippen LogP contribution in [0.1, 0.15) is 20.8 Å². The molecule has 0 rings (SSSR count). The molecular formula is C7H18NaO4P. The fourth-order valence-electron chi connectivity index (χ4n) is 0.921. The van der Waals surface area contributed by atoms with Gasteiger partial charge in [0.2, 0.25) is 0 Å². The van der Waals surface area contributed by atoms with Crippen molar-refractivity contribution in [2.24, 2.45) is 0 Å². The first-order valence-electron chi connectivity index (χ1n) is 4.01. The molecule has 0 heterocycles. The van der Waals surface area contributed by atoms with E-state index in [1.165, 1.54) is 0 Å². The number of hydrogen-bond donors (Lipinski definition) is 0. The van der Waals surface area contributed by atoms with Crippen molar-refractivity contribution in [3.05, 3.63) is 0 Å². The van der Waals surface area contributed by atoms with Gasteiger partial charge in [-0.05, 0) is 20.8 Å². The van der Waals surface area contributed by atoms with Crippen molar-refractivity contribution >= 4 is 38.2 Å². The summed E-state index contributed by atoms with van der Waals surface area (Å²) in [6, 6.07) is 0. The van der Waals surface area contributed by atoms with Gasteiger partial charge in [-0.1, -0.05) is 0 Å². The van der Waals surface area contributed by atoms with E-state index in [9.17, 15) is 4.57 Å². The van der Waals surface area contributed by atoms with Gasteiger partial charge in [0.25, 0.3) is 0 Å². The monoisotopic (exact) mass is 220 g/mol. The van der Waals surface area contributed by atoms with E-state index in [1.54, 1.807) is 6.92 Å². The predicted molar refractivity (Wildman–Crippen MR) is 55.2 cm³/mol. The van der Waals surface area contributed by atoms with Crippen molar-refractivity contribution in [3.8, 4) is 0 Å². The van der Waals surface area contributed by atoms with E-state index in [-0.39, 0.29) is 36.2 Å². The topological polar surface area (TPSA) is 44.8 Å². The zero-order chi connectivity index (χ0) is 9.45. The molecule has 1 atom stereocenters. The van der Waals surface area contributed by atoms with E-state index >= 15 is 0 Å². The molecule has 0 amide bonds. The minimum absolute atomic E-state index is 0. The third-order valence-electron chi connectivity index (χ3n) is 1.31. The molecule has 0 aromatic heterocycles. The molecule has 6 heteroatoms. The fourth-order valence-corrected chi connectivity index (χ4v) is 1.29. The zero-order valence-corrected chi connectivity index (χ0v) is 8.99. The van der Waals surface area contributed by atoms with Crippen LogP contribution in [0.15, 0.2) is 0 Å². The van der Waals surface area contributed by atoms with Gasteiger partial charge in [-0.2, -0.15) is 0 Å². The molecule has 0 fully saturated rings. The van der Waals surface area contributed by atoms with Crippen LogP contribution < -0.4 is 0 Å². The third-order valence-corrected chi connectivity index (χ3v) is 1.62. The van der Waals surface area contributed by atoms with Gasteiger partial charge in [-0.15, -0.1) is 0 Å². The van der Waals surface area contributed by atoms with Crippen LogP contribution in [-0.4, -0.2) is 55.2 Å². The second-order valence-electron chi connectivity index (χ2n) is 2.41. The molecule has 13 heavy (non-hydrogen) atoms. The van der Waals surface area contributed by atoms with E-state index in [2.05, 4.69) is 0 Å². The molecule has 0 N–H and O–H groups in total. The standard InChI is InChI=1S/C7H17O4P.Na.H/c1-4-9-7(3,10-5-2)6-11-12-8;;/h4-6,12H2,1-3H3;;. The average Bonchev–Trinajstić information content (AvgIpc) is 2.02. The Morgan fingerprint density at radius 3 is 2.00 bits per heavy atom. The van der Waals surface area contributed by atoms with Gasteiger partial charge < -0.3 is 14.0 Å². The maximum absolute atomic E-state index is 10.1. The van der Waals surface area contributed by atoms with Crippen molar-refractivity contribution in [2.45, 2.75) is 26.6 Å². The molecule has 0 aliphatic rings. The predicted octanol–water partition coefficient (Wildman–Crippen LogP) is 0.815. The molecule has 0 aromatic rings. The molecule has 0 aliphatic heterocycles. The summed E-state index contributed by atoms with van der Waals surface area (Å²) in [6.45, 7) is 6.84. The average molecular weight is 220 g/mol. The van der Waals surface area contributed by atoms with Crippen molar-refractivity contribution in [1.82, 2.24) is 0 Å². The molecule has 0 aromatic carbocycles. The summed E-state index contributed by atoms with van der Waals surface area (Å²) in [5, 5.41) is 0. The summed E-state index contributed by atoms with van der Waals surface area (Å²) in [6.07, 6.45) is 0. The van der Waals surface area contributed by atoms with Crippen molar-refractivity contribution in [2.75, 3.05) is 19.8 Å². The molecule has 0 saturated carbocycles. The molecule has 0 radical (unpaired) electrons. The summed E-state index contributed by atoms with van der Waals surface area (Å²) in [4.78, 5) is 0. The van der Waals surface area contributed by atoms with Crippen LogP contribution in [0.5, 0.6) is 0 Å². The molecule has 0 saturated heterocycles. The van der Waals surface area contributed by atoms with E-state index < -0.39 is 14.5 Å². The van der Waals surface area contributed by atoms with Crippen LogP contribution in [0.25, 0.3) is 0 Å². The molecule has 76 valence electrons. The van der Waals surface area contributed by atoms with Gasteiger partial charge in [0.05, 0.1) is 0 Å². The van der Waals surface area contributed by atoms with Crippen molar-refractivity contribution in [3.63, 3.8) is 0 Å². The molecule has 1 unspecified atom stereocenters. The quantitative estimate of drug-likeness (QED) is 0.362. The third kappa shape index (κ3) is 8.13. The number of rotatable bonds is 7. The normalized spacial score (nSPS) is 11.9. The molecular weight excluding hydrogens is 202 g/mol. The second kappa shape index (κ2) is 9.66. The van der Waals surface area contributed by atoms with Gasteiger partial charge >= 0.3 is 29.6 Å². The summed E-state index contributed by atoms with van der Waals surface area (Å²) in [5.74, 6) is -0.749. The van der Waals surface area contributed by atoms with Gasteiger partial charge in [0, 0.05) is 13.2 Å². The molecule has 0 bridgehead atoms. The Labute approximate surface area is 103 Å². The zero-order valence-electron chi connectivity index (χ0n) is 7.83. The first kappa shape index (κ1) is 16.5. The number of hydrogen-bond acceptors (Lipinski definition) is 4. The fraction of sp³-hybridized carbons (Fsp3) is 1.00. The molecule has 4 nitrogen and oxygen atoms in total. The van der Waals surface area contributed by atoms with E-state index in [0.717, 1.165) is 0 Å². The Hall–Kier alpha value is 1.11. The van der Waals surface area contributed by atoms with Crippen LogP contribution in [0.2, 0.25) is 0 Å². The second-order valence-corrected chi connectivity index (χ2v) is 2.93. The van der Waals surface area contributed by atoms with Crippen LogP contribution in [0.4, 0.5) is 0 Å². The molecule has 0 spiro atoms. The Kier molecular flexibility index (Phi) is 12.3. The van der Waals surface area contributed by atoms with Gasteiger partial charge in [0.1, 0.15) is 6.61 Å². The van der Waals surface area contributed by atoms with Crippen LogP contribution in [0, 0.1) is 0 Å². The van der Waals surface area contributed by atoms with Gasteiger partial charge in [-0.3, -0.25) is 4.57 Å². The Balaban J connectivity index is 0. The van der Waals surface area contributed by atoms with Crippen LogP contribution >= 0.6 is 8.69 Å². The Morgan fingerprint density at radius 2 is 1.69 bits per heavy atom. The summed E-state index contributed by atoms with van der Waals surface area (Å²) in [7, 11) is -1.19. The molecule has 0 aliphatic carbocycles. The van der Waals surface area contributed by atoms with Crippen LogP contribution in [-0.2, 0) is 18.6 Å². The van der Waals surface area contributed by atoms with Gasteiger partial charge in [-0.25, -0.2) is 0 Å². The maximum atomic E-state index is 10.1. The SMILES string of the molecule is CCOC(C)(CO[PH2]=O)OCC.[NaH]. The first-order valence-corrected chi connectivity index (χ1v) is 4.96. The Bertz CT molecular complexity index is 128. The van der Waals surface area contributed by atoms with Crippen molar-refractivity contribution < 1.29 is 18.6 Å². The van der Waals surface area contributed by atoms with E-state index in [0.29, 0.717) is 13.2 Å². The Morgan fingerprint density at radius 1 is 1.23 bits per heavy atom. The van der Waals surface area contributed by atoms with E-state index in [4.69, 9.17) is 14.0 Å². The first-order chi connectivity index (χ1) is 5.68. The minimum atomic E-state index is -1.19. The van der Waals surface area contributed by atoms with Crippen LogP contribution in [0.3, 0.4) is 0 Å². The van der Waals surface area contributed by atoms with Gasteiger partial charge in [0.15, 0.2) is 14.5 Å².